The van der Waals surface area contributed by atoms with Crippen LogP contribution in [0.3, 0.4) is 0 Å². The van der Waals surface area contributed by atoms with Crippen molar-refractivity contribution in [1.29, 1.82) is 0 Å². The summed E-state index contributed by atoms with van der Waals surface area (Å²) in [6, 6.07) is 1.48. The van der Waals surface area contributed by atoms with Gasteiger partial charge in [-0.05, 0) is 6.07 Å². The van der Waals surface area contributed by atoms with Gasteiger partial charge in [0.15, 0.2) is 0 Å². The predicted molar refractivity (Wildman–Crippen MR) is 54.7 cm³/mol. The molecule has 0 aromatic carbocycles. The molecular formula is C7H8N4O2S. The standard InChI is InChI=1S/C7H8N4O2S/c8-7(9)11-10-2-5-1-4(3-14-5)6(12)13/h1-3H,(H,12,13)(H4,8,9,11)/b10-2+. The van der Waals surface area contributed by atoms with E-state index in [1.165, 1.54) is 29.0 Å². The van der Waals surface area contributed by atoms with Gasteiger partial charge in [-0.25, -0.2) is 4.79 Å². The Bertz CT molecular complexity index is 392. The first-order chi connectivity index (χ1) is 6.59. The lowest BCUT2D eigenvalue weighted by Crippen LogP contribution is -2.21. The van der Waals surface area contributed by atoms with E-state index in [1.807, 2.05) is 0 Å². The van der Waals surface area contributed by atoms with Crippen molar-refractivity contribution in [3.8, 4) is 0 Å². The number of nitrogens with zero attached hydrogens (tertiary/aromatic N) is 2. The van der Waals surface area contributed by atoms with Crippen molar-refractivity contribution in [2.24, 2.45) is 21.7 Å². The van der Waals surface area contributed by atoms with Crippen LogP contribution in [-0.2, 0) is 0 Å². The SMILES string of the molecule is NC(N)=N/N=C/c1cc(C(=O)O)cs1. The lowest BCUT2D eigenvalue weighted by Gasteiger charge is -1.83. The van der Waals surface area contributed by atoms with Gasteiger partial charge in [0.25, 0.3) is 0 Å². The van der Waals surface area contributed by atoms with Crippen molar-refractivity contribution >= 4 is 29.5 Å². The Balaban J connectivity index is 2.74. The molecule has 0 saturated heterocycles. The molecule has 74 valence electrons. The zero-order valence-corrected chi connectivity index (χ0v) is 7.86. The van der Waals surface area contributed by atoms with Crippen LogP contribution < -0.4 is 11.5 Å². The van der Waals surface area contributed by atoms with Crippen LogP contribution >= 0.6 is 11.3 Å². The van der Waals surface area contributed by atoms with Crippen molar-refractivity contribution in [1.82, 2.24) is 0 Å². The molecule has 0 fully saturated rings. The summed E-state index contributed by atoms with van der Waals surface area (Å²) >= 11 is 1.25. The molecule has 0 radical (unpaired) electrons. The number of nitrogens with two attached hydrogens (primary N) is 2. The lowest BCUT2D eigenvalue weighted by molar-refractivity contribution is 0.0697. The molecule has 1 rings (SSSR count). The smallest absolute Gasteiger partial charge is 0.336 e. The molecule has 0 atom stereocenters. The minimum absolute atomic E-state index is 0.142. The second-order valence-corrected chi connectivity index (χ2v) is 3.26. The fourth-order valence-electron chi connectivity index (χ4n) is 0.685. The summed E-state index contributed by atoms with van der Waals surface area (Å²) in [4.78, 5) is 11.2. The van der Waals surface area contributed by atoms with Crippen LogP contribution in [0.2, 0.25) is 0 Å². The highest BCUT2D eigenvalue weighted by Crippen LogP contribution is 2.12. The summed E-state index contributed by atoms with van der Waals surface area (Å²) in [5, 5.41) is 17.0. The summed E-state index contributed by atoms with van der Waals surface area (Å²) in [7, 11) is 0. The van der Waals surface area contributed by atoms with Gasteiger partial charge in [-0.15, -0.1) is 16.4 Å². The minimum atomic E-state index is -0.970. The third kappa shape index (κ3) is 2.87. The van der Waals surface area contributed by atoms with E-state index in [2.05, 4.69) is 10.2 Å². The zero-order chi connectivity index (χ0) is 10.6. The number of carbonyl (C=O) groups is 1. The van der Waals surface area contributed by atoms with Crippen LogP contribution in [-0.4, -0.2) is 23.2 Å². The second-order valence-electron chi connectivity index (χ2n) is 2.31. The summed E-state index contributed by atoms with van der Waals surface area (Å²) in [6.45, 7) is 0. The van der Waals surface area contributed by atoms with E-state index in [0.29, 0.717) is 4.88 Å². The number of rotatable bonds is 3. The first kappa shape index (κ1) is 10.2. The van der Waals surface area contributed by atoms with Crippen LogP contribution in [0.5, 0.6) is 0 Å². The van der Waals surface area contributed by atoms with Crippen LogP contribution in [0.25, 0.3) is 0 Å². The quantitative estimate of drug-likeness (QED) is 0.373. The Hall–Kier alpha value is -1.89. The van der Waals surface area contributed by atoms with Gasteiger partial charge in [0.1, 0.15) is 0 Å². The van der Waals surface area contributed by atoms with Gasteiger partial charge in [0.2, 0.25) is 5.96 Å². The third-order valence-corrected chi connectivity index (χ3v) is 2.09. The average molecular weight is 212 g/mol. The molecule has 0 aliphatic carbocycles. The molecule has 0 aliphatic heterocycles. The Morgan fingerprint density at radius 2 is 2.29 bits per heavy atom. The number of hydrogen-bond donors (Lipinski definition) is 3. The van der Waals surface area contributed by atoms with Crippen LogP contribution in [0, 0.1) is 0 Å². The molecule has 5 N–H and O–H groups in total. The van der Waals surface area contributed by atoms with Crippen LogP contribution in [0.1, 0.15) is 15.2 Å². The van der Waals surface area contributed by atoms with Crippen molar-refractivity contribution in [2.45, 2.75) is 0 Å². The van der Waals surface area contributed by atoms with Crippen LogP contribution in [0.4, 0.5) is 0 Å². The minimum Gasteiger partial charge on any atom is -0.478 e. The van der Waals surface area contributed by atoms with Crippen molar-refractivity contribution in [2.75, 3.05) is 0 Å². The molecule has 1 heterocycles. The molecule has 1 aromatic rings. The van der Waals surface area contributed by atoms with Crippen molar-refractivity contribution in [3.05, 3.63) is 21.9 Å². The monoisotopic (exact) mass is 212 g/mol. The van der Waals surface area contributed by atoms with Crippen molar-refractivity contribution < 1.29 is 9.90 Å². The van der Waals surface area contributed by atoms with E-state index in [9.17, 15) is 4.79 Å². The molecule has 0 saturated carbocycles. The second kappa shape index (κ2) is 4.38. The lowest BCUT2D eigenvalue weighted by atomic mass is 10.3. The zero-order valence-electron chi connectivity index (χ0n) is 7.04. The summed E-state index contributed by atoms with van der Waals surface area (Å²) in [5.74, 6) is -1.11. The largest absolute Gasteiger partial charge is 0.478 e. The normalized spacial score (nSPS) is 10.3. The fourth-order valence-corrected chi connectivity index (χ4v) is 1.42. The highest BCUT2D eigenvalue weighted by Gasteiger charge is 2.04. The first-order valence-electron chi connectivity index (χ1n) is 3.53. The van der Waals surface area contributed by atoms with Crippen LogP contribution in [0.15, 0.2) is 21.6 Å². The molecule has 6 nitrogen and oxygen atoms in total. The van der Waals surface area contributed by atoms with Gasteiger partial charge in [-0.1, -0.05) is 0 Å². The van der Waals surface area contributed by atoms with Gasteiger partial charge < -0.3 is 16.6 Å². The van der Waals surface area contributed by atoms with Gasteiger partial charge >= 0.3 is 5.97 Å². The summed E-state index contributed by atoms with van der Waals surface area (Å²) in [6.07, 6.45) is 1.39. The number of guanidine groups is 1. The van der Waals surface area contributed by atoms with E-state index in [1.54, 1.807) is 0 Å². The molecule has 7 heteroatoms. The van der Waals surface area contributed by atoms with E-state index in [4.69, 9.17) is 16.6 Å². The van der Waals surface area contributed by atoms with E-state index < -0.39 is 5.97 Å². The maximum Gasteiger partial charge on any atom is 0.336 e. The Kier molecular flexibility index (Phi) is 3.19. The van der Waals surface area contributed by atoms with Gasteiger partial charge in [-0.2, -0.15) is 5.10 Å². The molecule has 14 heavy (non-hydrogen) atoms. The van der Waals surface area contributed by atoms with Crippen molar-refractivity contribution in [3.63, 3.8) is 0 Å². The maximum atomic E-state index is 10.5. The number of hydrogen-bond acceptors (Lipinski definition) is 4. The Labute approximate surface area is 83.6 Å². The van der Waals surface area contributed by atoms with E-state index >= 15 is 0 Å². The molecule has 0 bridgehead atoms. The molecule has 0 aliphatic rings. The molecule has 0 spiro atoms. The van der Waals surface area contributed by atoms with Gasteiger partial charge in [0.05, 0.1) is 11.8 Å². The summed E-state index contributed by atoms with van der Waals surface area (Å²) in [5.41, 5.74) is 10.3. The molecule has 1 aromatic heterocycles. The highest BCUT2D eigenvalue weighted by molar-refractivity contribution is 7.12. The summed E-state index contributed by atoms with van der Waals surface area (Å²) < 4.78 is 0. The van der Waals surface area contributed by atoms with Gasteiger partial charge in [0, 0.05) is 10.3 Å². The number of carboxylic acids is 1. The third-order valence-electron chi connectivity index (χ3n) is 1.22. The number of carboxylic acid groups (broad SMARTS) is 1. The highest BCUT2D eigenvalue weighted by atomic mass is 32.1. The molecule has 0 unspecified atom stereocenters. The van der Waals surface area contributed by atoms with Gasteiger partial charge in [-0.3, -0.25) is 0 Å². The molecular weight excluding hydrogens is 204 g/mol. The van der Waals surface area contributed by atoms with E-state index in [-0.39, 0.29) is 11.5 Å². The molecule has 0 amide bonds. The first-order valence-corrected chi connectivity index (χ1v) is 4.41. The Morgan fingerprint density at radius 3 is 2.79 bits per heavy atom. The average Bonchev–Trinajstić information content (AvgIpc) is 2.52. The predicted octanol–water partition coefficient (Wildman–Crippen LogP) is 0.0536. The fraction of sp³-hybridized carbons (Fsp3) is 0. The van der Waals surface area contributed by atoms with E-state index in [0.717, 1.165) is 0 Å². The topological polar surface area (TPSA) is 114 Å². The Morgan fingerprint density at radius 1 is 1.57 bits per heavy atom. The number of aromatic carboxylic acids is 1. The number of thiophene rings is 1. The maximum absolute atomic E-state index is 10.5.